The van der Waals surface area contributed by atoms with Gasteiger partial charge in [-0.25, -0.2) is 14.6 Å². The van der Waals surface area contributed by atoms with Crippen LogP contribution in [0.25, 0.3) is 28.0 Å². The van der Waals surface area contributed by atoms with Crippen molar-refractivity contribution < 1.29 is 18.7 Å². The Balaban J connectivity index is 1.83. The van der Waals surface area contributed by atoms with Crippen molar-refractivity contribution >= 4 is 22.6 Å². The maximum Gasteiger partial charge on any atom is 0.222 e. The summed E-state index contributed by atoms with van der Waals surface area (Å²) in [5, 5.41) is 8.20. The third-order valence-electron chi connectivity index (χ3n) is 4.43. The average molecular weight is 407 g/mol. The molecular weight excluding hydrogens is 386 g/mol. The van der Waals surface area contributed by atoms with Crippen molar-refractivity contribution in [3.63, 3.8) is 0 Å². The smallest absolute Gasteiger partial charge is 0.222 e. The van der Waals surface area contributed by atoms with Gasteiger partial charge in [-0.3, -0.25) is 4.79 Å². The number of carbonyl (C=O) groups is 1. The van der Waals surface area contributed by atoms with Crippen LogP contribution in [0, 0.1) is 6.92 Å². The lowest BCUT2D eigenvalue weighted by Crippen LogP contribution is -2.08. The zero-order valence-electron chi connectivity index (χ0n) is 16.9. The minimum atomic E-state index is -0.196. The Kier molecular flexibility index (Phi) is 5.44. The van der Waals surface area contributed by atoms with Crippen LogP contribution >= 0.6 is 0 Å². The van der Waals surface area contributed by atoms with E-state index >= 15 is 0 Å². The summed E-state index contributed by atoms with van der Waals surface area (Å²) in [7, 11) is 1.62. The molecular formula is C21H21N5O4. The number of fused-ring (bicyclic) bond motifs is 1. The summed E-state index contributed by atoms with van der Waals surface area (Å²) in [4.78, 5) is 20.5. The highest BCUT2D eigenvalue weighted by Crippen LogP contribution is 2.28. The van der Waals surface area contributed by atoms with Gasteiger partial charge in [-0.05, 0) is 13.0 Å². The fourth-order valence-electron chi connectivity index (χ4n) is 3.06. The number of nitrogens with zero attached hydrogens (tertiary/aromatic N) is 4. The van der Waals surface area contributed by atoms with Gasteiger partial charge in [0.25, 0.3) is 0 Å². The second kappa shape index (κ2) is 8.34. The van der Waals surface area contributed by atoms with Gasteiger partial charge < -0.3 is 19.2 Å². The lowest BCUT2D eigenvalue weighted by molar-refractivity contribution is -0.114. The van der Waals surface area contributed by atoms with Crippen LogP contribution in [0.3, 0.4) is 0 Å². The Labute approximate surface area is 172 Å². The van der Waals surface area contributed by atoms with Gasteiger partial charge in [0.15, 0.2) is 5.82 Å². The number of hydrogen-bond acceptors (Lipinski definition) is 7. The zero-order chi connectivity index (χ0) is 21.1. The lowest BCUT2D eigenvalue weighted by atomic mass is 10.2. The van der Waals surface area contributed by atoms with Gasteiger partial charge >= 0.3 is 0 Å². The molecule has 0 unspecified atom stereocenters. The van der Waals surface area contributed by atoms with Crippen LogP contribution in [0.4, 0.5) is 5.82 Å². The van der Waals surface area contributed by atoms with Crippen LogP contribution in [0.2, 0.25) is 0 Å². The number of nitrogens with one attached hydrogen (secondary N) is 1. The first-order valence-electron chi connectivity index (χ1n) is 9.35. The SMILES string of the molecule is COCCOc1cc(-c2ccoc2)nc(-n2nc(C)c3cnc(NC(C)=O)cc32)c1. The lowest BCUT2D eigenvalue weighted by Gasteiger charge is -2.11. The second-order valence-electron chi connectivity index (χ2n) is 6.66. The molecule has 0 saturated heterocycles. The highest BCUT2D eigenvalue weighted by molar-refractivity contribution is 5.91. The maximum atomic E-state index is 11.4. The molecule has 0 aromatic carbocycles. The Hall–Kier alpha value is -3.72. The average Bonchev–Trinajstić information content (AvgIpc) is 3.36. The van der Waals surface area contributed by atoms with E-state index in [1.807, 2.05) is 25.1 Å². The normalized spacial score (nSPS) is 11.0. The number of methoxy groups -OCH3 is 1. The van der Waals surface area contributed by atoms with Gasteiger partial charge in [0.1, 0.15) is 18.2 Å². The minimum Gasteiger partial charge on any atom is -0.491 e. The fourth-order valence-corrected chi connectivity index (χ4v) is 3.06. The summed E-state index contributed by atoms with van der Waals surface area (Å²) < 4.78 is 17.8. The molecule has 1 N–H and O–H groups in total. The standard InChI is InChI=1S/C21H21N5O4/c1-13-17-11-22-20(23-14(2)27)10-19(17)26(25-13)21-9-16(30-7-6-28-3)8-18(24-21)15-4-5-29-12-15/h4-5,8-12H,6-7H2,1-3H3,(H,22,23,27). The molecule has 0 atom stereocenters. The Morgan fingerprint density at radius 2 is 2.13 bits per heavy atom. The molecule has 0 bridgehead atoms. The van der Waals surface area contributed by atoms with Crippen molar-refractivity contribution in [1.82, 2.24) is 19.7 Å². The van der Waals surface area contributed by atoms with E-state index in [1.54, 1.807) is 36.6 Å². The van der Waals surface area contributed by atoms with E-state index in [0.717, 1.165) is 22.2 Å². The number of aromatic nitrogens is 4. The van der Waals surface area contributed by atoms with E-state index in [9.17, 15) is 4.79 Å². The van der Waals surface area contributed by atoms with Crippen LogP contribution in [0.1, 0.15) is 12.6 Å². The summed E-state index contributed by atoms with van der Waals surface area (Å²) in [6, 6.07) is 7.25. The Morgan fingerprint density at radius 3 is 2.87 bits per heavy atom. The van der Waals surface area contributed by atoms with Crippen LogP contribution in [-0.2, 0) is 9.53 Å². The third-order valence-corrected chi connectivity index (χ3v) is 4.43. The molecule has 0 fully saturated rings. The van der Waals surface area contributed by atoms with Crippen molar-refractivity contribution in [3.8, 4) is 22.8 Å². The first kappa shape index (κ1) is 19.6. The van der Waals surface area contributed by atoms with Gasteiger partial charge in [-0.15, -0.1) is 0 Å². The van der Waals surface area contributed by atoms with Crippen molar-refractivity contribution in [2.45, 2.75) is 13.8 Å². The minimum absolute atomic E-state index is 0.196. The topological polar surface area (TPSA) is 104 Å². The van der Waals surface area contributed by atoms with E-state index in [-0.39, 0.29) is 5.91 Å². The fraction of sp³-hybridized carbons (Fsp3) is 0.238. The highest BCUT2D eigenvalue weighted by Gasteiger charge is 2.15. The molecule has 0 aliphatic heterocycles. The number of pyridine rings is 2. The molecule has 0 saturated carbocycles. The van der Waals surface area contributed by atoms with E-state index in [0.29, 0.717) is 36.3 Å². The number of rotatable bonds is 7. The molecule has 4 heterocycles. The molecule has 0 aliphatic rings. The number of carbonyl (C=O) groups excluding carboxylic acids is 1. The highest BCUT2D eigenvalue weighted by atomic mass is 16.5. The molecule has 1 amide bonds. The summed E-state index contributed by atoms with van der Waals surface area (Å²) in [6.45, 7) is 4.21. The number of anilines is 1. The Bertz CT molecular complexity index is 1180. The largest absolute Gasteiger partial charge is 0.491 e. The first-order chi connectivity index (χ1) is 14.5. The molecule has 4 aromatic heterocycles. The predicted molar refractivity (Wildman–Crippen MR) is 111 cm³/mol. The van der Waals surface area contributed by atoms with Crippen molar-refractivity contribution in [2.75, 3.05) is 25.6 Å². The molecule has 9 nitrogen and oxygen atoms in total. The maximum absolute atomic E-state index is 11.4. The van der Waals surface area contributed by atoms with Gasteiger partial charge in [0, 0.05) is 49.4 Å². The molecule has 30 heavy (non-hydrogen) atoms. The van der Waals surface area contributed by atoms with Crippen molar-refractivity contribution in [1.29, 1.82) is 0 Å². The van der Waals surface area contributed by atoms with Gasteiger partial charge in [-0.1, -0.05) is 0 Å². The third kappa shape index (κ3) is 4.01. The van der Waals surface area contributed by atoms with E-state index < -0.39 is 0 Å². The Morgan fingerprint density at radius 1 is 1.27 bits per heavy atom. The molecule has 154 valence electrons. The van der Waals surface area contributed by atoms with Gasteiger partial charge in [-0.2, -0.15) is 5.10 Å². The summed E-state index contributed by atoms with van der Waals surface area (Å²) >= 11 is 0. The summed E-state index contributed by atoms with van der Waals surface area (Å²) in [6.07, 6.45) is 4.90. The van der Waals surface area contributed by atoms with Crippen molar-refractivity contribution in [2.24, 2.45) is 0 Å². The summed E-state index contributed by atoms with van der Waals surface area (Å²) in [5.74, 6) is 1.45. The van der Waals surface area contributed by atoms with E-state index in [1.165, 1.54) is 6.92 Å². The van der Waals surface area contributed by atoms with E-state index in [2.05, 4.69) is 15.4 Å². The molecule has 0 aliphatic carbocycles. The van der Waals surface area contributed by atoms with Crippen LogP contribution in [0.15, 0.2) is 47.4 Å². The number of ether oxygens (including phenoxy) is 2. The summed E-state index contributed by atoms with van der Waals surface area (Å²) in [5.41, 5.74) is 3.07. The number of aryl methyl sites for hydroxylation is 1. The molecule has 4 rings (SSSR count). The first-order valence-corrected chi connectivity index (χ1v) is 9.35. The molecule has 0 spiro atoms. The van der Waals surface area contributed by atoms with Crippen LogP contribution in [-0.4, -0.2) is 46.0 Å². The second-order valence-corrected chi connectivity index (χ2v) is 6.66. The van der Waals surface area contributed by atoms with Crippen LogP contribution < -0.4 is 10.1 Å². The predicted octanol–water partition coefficient (Wildman–Crippen LogP) is 3.37. The monoisotopic (exact) mass is 407 g/mol. The number of hydrogen-bond donors (Lipinski definition) is 1. The van der Waals surface area contributed by atoms with Crippen LogP contribution in [0.5, 0.6) is 5.75 Å². The molecule has 0 radical (unpaired) electrons. The molecule has 9 heteroatoms. The zero-order valence-corrected chi connectivity index (χ0v) is 16.9. The van der Waals surface area contributed by atoms with E-state index in [4.69, 9.17) is 18.9 Å². The number of furan rings is 1. The van der Waals surface area contributed by atoms with Gasteiger partial charge in [0.05, 0.1) is 36.0 Å². The van der Waals surface area contributed by atoms with Crippen molar-refractivity contribution in [3.05, 3.63) is 48.7 Å². The molecule has 4 aromatic rings. The van der Waals surface area contributed by atoms with Gasteiger partial charge in [0.2, 0.25) is 5.91 Å². The quantitative estimate of drug-likeness (QED) is 0.468. The number of amides is 1.